The fraction of sp³-hybridized carbons (Fsp3) is 0.588. The molecule has 0 atom stereocenters. The van der Waals surface area contributed by atoms with Crippen molar-refractivity contribution in [2.75, 3.05) is 25.0 Å². The first-order valence-corrected chi connectivity index (χ1v) is 7.99. The first-order chi connectivity index (χ1) is 10.5. The molecule has 2 N–H and O–H groups in total. The summed E-state index contributed by atoms with van der Waals surface area (Å²) in [5.41, 5.74) is 1.08. The zero-order chi connectivity index (χ0) is 16.2. The Hall–Kier alpha value is -1.62. The van der Waals surface area contributed by atoms with E-state index in [1.165, 1.54) is 6.07 Å². The molecule has 0 aromatic heterocycles. The lowest BCUT2D eigenvalue weighted by atomic mass is 9.77. The first-order valence-electron chi connectivity index (χ1n) is 7.99. The lowest BCUT2D eigenvalue weighted by Crippen LogP contribution is -2.46. The van der Waals surface area contributed by atoms with E-state index in [2.05, 4.69) is 12.2 Å². The van der Waals surface area contributed by atoms with Gasteiger partial charge >= 0.3 is 6.03 Å². The number of piperidine rings is 1. The molecule has 1 aromatic rings. The van der Waals surface area contributed by atoms with Crippen LogP contribution in [0, 0.1) is 11.2 Å². The molecular weight excluding hydrogens is 283 g/mol. The summed E-state index contributed by atoms with van der Waals surface area (Å²) in [7, 11) is 0. The zero-order valence-corrected chi connectivity index (χ0v) is 13.4. The number of benzene rings is 1. The van der Waals surface area contributed by atoms with E-state index in [1.54, 1.807) is 17.0 Å². The van der Waals surface area contributed by atoms with Gasteiger partial charge in [0, 0.05) is 25.4 Å². The van der Waals surface area contributed by atoms with Crippen molar-refractivity contribution in [2.24, 2.45) is 5.41 Å². The zero-order valence-electron chi connectivity index (χ0n) is 13.4. The maximum absolute atomic E-state index is 13.7. The summed E-state index contributed by atoms with van der Waals surface area (Å²) in [6.07, 6.45) is 3.15. The second-order valence-corrected chi connectivity index (χ2v) is 6.09. The highest BCUT2D eigenvalue weighted by molar-refractivity contribution is 5.89. The minimum atomic E-state index is -0.288. The van der Waals surface area contributed by atoms with Crippen LogP contribution in [-0.2, 0) is 6.42 Å². The van der Waals surface area contributed by atoms with Gasteiger partial charge in [-0.05, 0) is 48.8 Å². The summed E-state index contributed by atoms with van der Waals surface area (Å²) in [5.74, 6) is -0.288. The molecule has 1 aromatic carbocycles. The summed E-state index contributed by atoms with van der Waals surface area (Å²) >= 11 is 0. The van der Waals surface area contributed by atoms with Crippen molar-refractivity contribution in [3.8, 4) is 0 Å². The summed E-state index contributed by atoms with van der Waals surface area (Å²) < 4.78 is 13.7. The molecule has 2 rings (SSSR count). The first kappa shape index (κ1) is 16.7. The maximum Gasteiger partial charge on any atom is 0.321 e. The predicted molar refractivity (Wildman–Crippen MR) is 85.4 cm³/mol. The number of anilines is 1. The van der Waals surface area contributed by atoms with Crippen LogP contribution in [0.4, 0.5) is 14.9 Å². The van der Waals surface area contributed by atoms with Crippen molar-refractivity contribution in [2.45, 2.75) is 39.5 Å². The molecular formula is C17H25FN2O2. The van der Waals surface area contributed by atoms with Gasteiger partial charge < -0.3 is 15.3 Å². The van der Waals surface area contributed by atoms with Gasteiger partial charge in [0.2, 0.25) is 0 Å². The number of halogens is 1. The topological polar surface area (TPSA) is 52.6 Å². The Kier molecular flexibility index (Phi) is 5.40. The Morgan fingerprint density at radius 2 is 2.05 bits per heavy atom. The Morgan fingerprint density at radius 1 is 1.36 bits per heavy atom. The van der Waals surface area contributed by atoms with Crippen LogP contribution in [-0.4, -0.2) is 35.7 Å². The summed E-state index contributed by atoms with van der Waals surface area (Å²) in [6, 6.07) is 4.60. The van der Waals surface area contributed by atoms with E-state index in [-0.39, 0.29) is 23.9 Å². The van der Waals surface area contributed by atoms with Crippen LogP contribution >= 0.6 is 0 Å². The molecule has 1 fully saturated rings. The number of hydrogen-bond acceptors (Lipinski definition) is 2. The fourth-order valence-electron chi connectivity index (χ4n) is 2.92. The number of carbonyl (C=O) groups excluding carboxylic acids is 1. The molecule has 0 bridgehead atoms. The minimum absolute atomic E-state index is 0.0499. The summed E-state index contributed by atoms with van der Waals surface area (Å²) in [5, 5.41) is 12.3. The molecule has 0 unspecified atom stereocenters. The van der Waals surface area contributed by atoms with Gasteiger partial charge in [-0.2, -0.15) is 0 Å². The molecule has 0 aliphatic carbocycles. The lowest BCUT2D eigenvalue weighted by Gasteiger charge is -2.40. The number of aryl methyl sites for hydroxylation is 1. The van der Waals surface area contributed by atoms with E-state index in [4.69, 9.17) is 0 Å². The third kappa shape index (κ3) is 3.58. The Balaban J connectivity index is 1.95. The number of aliphatic hydroxyl groups excluding tert-OH is 1. The van der Waals surface area contributed by atoms with Gasteiger partial charge in [-0.3, -0.25) is 0 Å². The van der Waals surface area contributed by atoms with Crippen LogP contribution in [0.3, 0.4) is 0 Å². The Labute approximate surface area is 131 Å². The van der Waals surface area contributed by atoms with Crippen LogP contribution in [0.2, 0.25) is 0 Å². The average Bonchev–Trinajstić information content (AvgIpc) is 2.55. The number of likely N-dealkylation sites (tertiary alicyclic amines) is 1. The van der Waals surface area contributed by atoms with Crippen molar-refractivity contribution in [1.29, 1.82) is 0 Å². The molecule has 1 aliphatic heterocycles. The van der Waals surface area contributed by atoms with Crippen LogP contribution < -0.4 is 5.32 Å². The molecule has 1 aliphatic rings. The largest absolute Gasteiger partial charge is 0.396 e. The number of aliphatic hydroxyl groups is 1. The molecule has 122 valence electrons. The van der Waals surface area contributed by atoms with Crippen molar-refractivity contribution in [3.63, 3.8) is 0 Å². The van der Waals surface area contributed by atoms with Crippen LogP contribution in [0.1, 0.15) is 38.7 Å². The third-order valence-electron chi connectivity index (χ3n) is 4.88. The van der Waals surface area contributed by atoms with E-state index >= 15 is 0 Å². The van der Waals surface area contributed by atoms with Gasteiger partial charge in [0.1, 0.15) is 5.82 Å². The van der Waals surface area contributed by atoms with Gasteiger partial charge in [0.25, 0.3) is 0 Å². The lowest BCUT2D eigenvalue weighted by molar-refractivity contribution is 0.0542. The number of amides is 2. The van der Waals surface area contributed by atoms with Crippen molar-refractivity contribution >= 4 is 11.7 Å². The van der Waals surface area contributed by atoms with E-state index in [0.717, 1.165) is 19.3 Å². The fourth-order valence-corrected chi connectivity index (χ4v) is 2.92. The normalized spacial score (nSPS) is 17.4. The SMILES string of the molecule is CCc1ccc(NC(=O)N2CCC(CC)(CO)CC2)cc1F. The average molecular weight is 308 g/mol. The number of carbonyl (C=O) groups is 1. The number of nitrogens with zero attached hydrogens (tertiary/aromatic N) is 1. The molecule has 1 heterocycles. The van der Waals surface area contributed by atoms with E-state index in [0.29, 0.717) is 30.8 Å². The summed E-state index contributed by atoms with van der Waals surface area (Å²) in [6.45, 7) is 5.38. The van der Waals surface area contributed by atoms with Gasteiger partial charge in [-0.15, -0.1) is 0 Å². The van der Waals surface area contributed by atoms with Crippen molar-refractivity contribution < 1.29 is 14.3 Å². The van der Waals surface area contributed by atoms with Gasteiger partial charge in [0.05, 0.1) is 0 Å². The molecule has 0 spiro atoms. The standard InChI is InChI=1S/C17H25FN2O2/c1-3-13-5-6-14(11-15(13)18)19-16(22)20-9-7-17(4-2,12-21)8-10-20/h5-6,11,21H,3-4,7-10,12H2,1-2H3,(H,19,22). The van der Waals surface area contributed by atoms with Crippen LogP contribution in [0.5, 0.6) is 0 Å². The Bertz CT molecular complexity index is 519. The molecule has 5 heteroatoms. The number of hydrogen-bond donors (Lipinski definition) is 2. The van der Waals surface area contributed by atoms with Crippen molar-refractivity contribution in [3.05, 3.63) is 29.6 Å². The smallest absolute Gasteiger partial charge is 0.321 e. The molecule has 0 radical (unpaired) electrons. The maximum atomic E-state index is 13.7. The van der Waals surface area contributed by atoms with Gasteiger partial charge in [-0.1, -0.05) is 19.9 Å². The highest BCUT2D eigenvalue weighted by atomic mass is 19.1. The van der Waals surface area contributed by atoms with E-state index < -0.39 is 0 Å². The van der Waals surface area contributed by atoms with Gasteiger partial charge in [-0.25, -0.2) is 9.18 Å². The minimum Gasteiger partial charge on any atom is -0.396 e. The number of rotatable bonds is 4. The molecule has 22 heavy (non-hydrogen) atoms. The molecule has 2 amide bonds. The quantitative estimate of drug-likeness (QED) is 0.895. The van der Waals surface area contributed by atoms with Crippen molar-refractivity contribution in [1.82, 2.24) is 4.90 Å². The highest BCUT2D eigenvalue weighted by Gasteiger charge is 2.33. The van der Waals surface area contributed by atoms with Gasteiger partial charge in [0.15, 0.2) is 0 Å². The van der Waals surface area contributed by atoms with E-state index in [1.807, 2.05) is 6.92 Å². The summed E-state index contributed by atoms with van der Waals surface area (Å²) in [4.78, 5) is 14.0. The van der Waals surface area contributed by atoms with Crippen LogP contribution in [0.15, 0.2) is 18.2 Å². The number of nitrogens with one attached hydrogen (secondary N) is 1. The monoisotopic (exact) mass is 308 g/mol. The highest BCUT2D eigenvalue weighted by Crippen LogP contribution is 2.34. The predicted octanol–water partition coefficient (Wildman–Crippen LogP) is 3.40. The molecule has 4 nitrogen and oxygen atoms in total. The third-order valence-corrected chi connectivity index (χ3v) is 4.88. The molecule has 1 saturated heterocycles. The second-order valence-electron chi connectivity index (χ2n) is 6.09. The van der Waals surface area contributed by atoms with Crippen LogP contribution in [0.25, 0.3) is 0 Å². The van der Waals surface area contributed by atoms with E-state index in [9.17, 15) is 14.3 Å². The Morgan fingerprint density at radius 3 is 2.55 bits per heavy atom. The number of urea groups is 1. The second kappa shape index (κ2) is 7.09. The molecule has 0 saturated carbocycles.